The molecule has 3 rings (SSSR count). The van der Waals surface area contributed by atoms with E-state index in [2.05, 4.69) is 5.32 Å². The summed E-state index contributed by atoms with van der Waals surface area (Å²) in [6.07, 6.45) is 0.308. The molecule has 3 aromatic rings. The first-order chi connectivity index (χ1) is 19.0. The van der Waals surface area contributed by atoms with Gasteiger partial charge in [0.05, 0.1) is 24.8 Å². The number of anilines is 1. The Morgan fingerprint density at radius 2 is 1.48 bits per heavy atom. The summed E-state index contributed by atoms with van der Waals surface area (Å²) in [6, 6.07) is 16.3. The summed E-state index contributed by atoms with van der Waals surface area (Å²) < 4.78 is 39.5. The SMILES string of the molecule is CC[C@H](C(=O)NC)N(Cc1ccc(Cl)cc1)C(=O)CN(c1ccc(Cl)cc1)S(=O)(=O)c1ccc(OC)c(OC)c1. The van der Waals surface area contributed by atoms with Crippen LogP contribution in [-0.4, -0.2) is 59.0 Å². The molecule has 0 fully saturated rings. The predicted octanol–water partition coefficient (Wildman–Crippen LogP) is 4.76. The highest BCUT2D eigenvalue weighted by Crippen LogP contribution is 2.32. The molecule has 3 aromatic carbocycles. The van der Waals surface area contributed by atoms with Crippen LogP contribution in [0.5, 0.6) is 11.5 Å². The van der Waals surface area contributed by atoms with Gasteiger partial charge in [-0.2, -0.15) is 0 Å². The largest absolute Gasteiger partial charge is 0.493 e. The van der Waals surface area contributed by atoms with Crippen molar-refractivity contribution in [2.45, 2.75) is 30.8 Å². The van der Waals surface area contributed by atoms with E-state index in [1.54, 1.807) is 31.2 Å². The Bertz CT molecular complexity index is 1430. The molecule has 0 aromatic heterocycles. The van der Waals surface area contributed by atoms with Gasteiger partial charge in [0.15, 0.2) is 11.5 Å². The van der Waals surface area contributed by atoms with E-state index in [1.165, 1.54) is 68.6 Å². The van der Waals surface area contributed by atoms with Gasteiger partial charge >= 0.3 is 0 Å². The number of carbonyl (C=O) groups excluding carboxylic acids is 2. The van der Waals surface area contributed by atoms with Crippen molar-refractivity contribution in [2.24, 2.45) is 0 Å². The molecule has 0 saturated carbocycles. The third-order valence-electron chi connectivity index (χ3n) is 6.23. The number of likely N-dealkylation sites (N-methyl/N-ethyl adjacent to an activating group) is 1. The van der Waals surface area contributed by atoms with Crippen LogP contribution in [0, 0.1) is 0 Å². The zero-order valence-electron chi connectivity index (χ0n) is 22.6. The lowest BCUT2D eigenvalue weighted by Gasteiger charge is -2.33. The number of hydrogen-bond acceptors (Lipinski definition) is 6. The molecule has 1 N–H and O–H groups in total. The first-order valence-corrected chi connectivity index (χ1v) is 14.5. The second-order valence-corrected chi connectivity index (χ2v) is 11.4. The molecule has 2 amide bonds. The molecule has 214 valence electrons. The maximum atomic E-state index is 14.0. The van der Waals surface area contributed by atoms with Crippen LogP contribution in [0.25, 0.3) is 0 Å². The van der Waals surface area contributed by atoms with E-state index in [0.29, 0.717) is 22.2 Å². The second kappa shape index (κ2) is 13.7. The number of benzene rings is 3. The molecule has 0 bridgehead atoms. The van der Waals surface area contributed by atoms with E-state index in [4.69, 9.17) is 32.7 Å². The molecule has 12 heteroatoms. The zero-order valence-corrected chi connectivity index (χ0v) is 24.9. The van der Waals surface area contributed by atoms with Crippen LogP contribution in [-0.2, 0) is 26.2 Å². The van der Waals surface area contributed by atoms with Gasteiger partial charge in [-0.3, -0.25) is 13.9 Å². The van der Waals surface area contributed by atoms with Gasteiger partial charge in [0.25, 0.3) is 10.0 Å². The average molecular weight is 609 g/mol. The lowest BCUT2D eigenvalue weighted by atomic mass is 10.1. The van der Waals surface area contributed by atoms with Gasteiger partial charge in [0.2, 0.25) is 11.8 Å². The highest BCUT2D eigenvalue weighted by atomic mass is 35.5. The van der Waals surface area contributed by atoms with E-state index in [0.717, 1.165) is 9.87 Å². The Hall–Kier alpha value is -3.47. The quantitative estimate of drug-likeness (QED) is 0.318. The molecule has 40 heavy (non-hydrogen) atoms. The van der Waals surface area contributed by atoms with E-state index in [-0.39, 0.29) is 28.8 Å². The van der Waals surface area contributed by atoms with Gasteiger partial charge in [-0.05, 0) is 60.5 Å². The molecule has 0 heterocycles. The summed E-state index contributed by atoms with van der Waals surface area (Å²) in [7, 11) is 0.0199. The van der Waals surface area contributed by atoms with Crippen LogP contribution in [0.3, 0.4) is 0 Å². The fourth-order valence-electron chi connectivity index (χ4n) is 4.11. The average Bonchev–Trinajstić information content (AvgIpc) is 2.96. The van der Waals surface area contributed by atoms with Crippen molar-refractivity contribution in [2.75, 3.05) is 32.1 Å². The number of methoxy groups -OCH3 is 2. The van der Waals surface area contributed by atoms with E-state index < -0.39 is 28.5 Å². The second-order valence-electron chi connectivity index (χ2n) is 8.69. The number of ether oxygens (including phenoxy) is 2. The van der Waals surface area contributed by atoms with Crippen molar-refractivity contribution in [1.29, 1.82) is 0 Å². The highest BCUT2D eigenvalue weighted by Gasteiger charge is 2.33. The van der Waals surface area contributed by atoms with Crippen molar-refractivity contribution in [1.82, 2.24) is 10.2 Å². The molecular weight excluding hydrogens is 577 g/mol. The minimum atomic E-state index is -4.30. The van der Waals surface area contributed by atoms with Crippen molar-refractivity contribution in [3.8, 4) is 11.5 Å². The number of nitrogens with zero attached hydrogens (tertiary/aromatic N) is 2. The molecule has 0 aliphatic rings. The Morgan fingerprint density at radius 3 is 2.00 bits per heavy atom. The summed E-state index contributed by atoms with van der Waals surface area (Å²) in [5.41, 5.74) is 0.938. The maximum absolute atomic E-state index is 14.0. The summed E-state index contributed by atoms with van der Waals surface area (Å²) >= 11 is 12.1. The van der Waals surface area contributed by atoms with E-state index in [9.17, 15) is 18.0 Å². The molecule has 0 unspecified atom stereocenters. The summed E-state index contributed by atoms with van der Waals surface area (Å²) in [4.78, 5) is 28.0. The molecule has 0 radical (unpaired) electrons. The van der Waals surface area contributed by atoms with Crippen LogP contribution in [0.1, 0.15) is 18.9 Å². The van der Waals surface area contributed by atoms with E-state index >= 15 is 0 Å². The Morgan fingerprint density at radius 1 is 0.900 bits per heavy atom. The summed E-state index contributed by atoms with van der Waals surface area (Å²) in [6.45, 7) is 1.26. The topological polar surface area (TPSA) is 105 Å². The number of halogens is 2. The smallest absolute Gasteiger partial charge is 0.264 e. The minimum absolute atomic E-state index is 0.0623. The predicted molar refractivity (Wildman–Crippen MR) is 156 cm³/mol. The number of nitrogens with one attached hydrogen (secondary N) is 1. The molecule has 0 saturated heterocycles. The number of sulfonamides is 1. The highest BCUT2D eigenvalue weighted by molar-refractivity contribution is 7.92. The van der Waals surface area contributed by atoms with Gasteiger partial charge < -0.3 is 19.7 Å². The first kappa shape index (κ1) is 31.1. The van der Waals surface area contributed by atoms with Crippen LogP contribution < -0.4 is 19.1 Å². The maximum Gasteiger partial charge on any atom is 0.264 e. The van der Waals surface area contributed by atoms with E-state index in [1.807, 2.05) is 0 Å². The third kappa shape index (κ3) is 7.18. The number of amides is 2. The summed E-state index contributed by atoms with van der Waals surface area (Å²) in [5.74, 6) is -0.392. The van der Waals surface area contributed by atoms with Crippen molar-refractivity contribution in [3.05, 3.63) is 82.3 Å². The van der Waals surface area contributed by atoms with Crippen LogP contribution in [0.2, 0.25) is 10.0 Å². The third-order valence-corrected chi connectivity index (χ3v) is 8.51. The molecule has 9 nitrogen and oxygen atoms in total. The van der Waals surface area contributed by atoms with Crippen LogP contribution >= 0.6 is 23.2 Å². The monoisotopic (exact) mass is 607 g/mol. The molecular formula is C28H31Cl2N3O6S. The van der Waals surface area contributed by atoms with Gasteiger partial charge in [-0.15, -0.1) is 0 Å². The van der Waals surface area contributed by atoms with Crippen LogP contribution in [0.4, 0.5) is 5.69 Å². The number of hydrogen-bond donors (Lipinski definition) is 1. The van der Waals surface area contributed by atoms with Gasteiger partial charge in [-0.1, -0.05) is 42.3 Å². The Balaban J connectivity index is 2.08. The van der Waals surface area contributed by atoms with Gasteiger partial charge in [-0.25, -0.2) is 8.42 Å². The normalized spacial score (nSPS) is 11.8. The summed E-state index contributed by atoms with van der Waals surface area (Å²) in [5, 5.41) is 3.51. The number of carbonyl (C=O) groups is 2. The first-order valence-electron chi connectivity index (χ1n) is 12.3. The Kier molecular flexibility index (Phi) is 10.7. The van der Waals surface area contributed by atoms with Crippen molar-refractivity contribution in [3.63, 3.8) is 0 Å². The fourth-order valence-corrected chi connectivity index (χ4v) is 5.80. The lowest BCUT2D eigenvalue weighted by Crippen LogP contribution is -2.51. The molecule has 0 aliphatic heterocycles. The molecule has 0 aliphatic carbocycles. The Labute approximate surface area is 244 Å². The molecule has 1 atom stereocenters. The number of rotatable bonds is 12. The zero-order chi connectivity index (χ0) is 29.4. The standard InChI is InChI=1S/C28H31Cl2N3O6S/c1-5-24(28(35)31-2)32(17-19-6-8-20(29)9-7-19)27(34)18-33(22-12-10-21(30)11-13-22)40(36,37)23-14-15-25(38-3)26(16-23)39-4/h6-16,24H,5,17-18H2,1-4H3,(H,31,35)/t24-/m1/s1. The van der Waals surface area contributed by atoms with Gasteiger partial charge in [0, 0.05) is 29.7 Å². The minimum Gasteiger partial charge on any atom is -0.493 e. The van der Waals surface area contributed by atoms with Crippen molar-refractivity contribution < 1.29 is 27.5 Å². The van der Waals surface area contributed by atoms with Crippen molar-refractivity contribution >= 4 is 50.7 Å². The van der Waals surface area contributed by atoms with Crippen LogP contribution in [0.15, 0.2) is 71.6 Å². The fraction of sp³-hybridized carbons (Fsp3) is 0.286. The lowest BCUT2D eigenvalue weighted by molar-refractivity contribution is -0.140. The molecule has 0 spiro atoms. The van der Waals surface area contributed by atoms with Gasteiger partial charge in [0.1, 0.15) is 12.6 Å².